The molecular formula is C18H20N4O. The van der Waals surface area contributed by atoms with Gasteiger partial charge in [-0.15, -0.1) is 0 Å². The summed E-state index contributed by atoms with van der Waals surface area (Å²) in [6, 6.07) is 12.1. The summed E-state index contributed by atoms with van der Waals surface area (Å²) in [5.74, 6) is 0.470. The van der Waals surface area contributed by atoms with Gasteiger partial charge in [-0.2, -0.15) is 0 Å². The molecule has 3 aromatic rings. The summed E-state index contributed by atoms with van der Waals surface area (Å²) in [7, 11) is 0. The number of rotatable bonds is 3. The molecule has 0 spiro atoms. The number of likely N-dealkylation sites (tertiary alicyclic amines) is 1. The lowest BCUT2D eigenvalue weighted by Crippen LogP contribution is -2.32. The highest BCUT2D eigenvalue weighted by Gasteiger charge is 2.23. The lowest BCUT2D eigenvalue weighted by molar-refractivity contribution is 0.205. The van der Waals surface area contributed by atoms with Gasteiger partial charge in [-0.05, 0) is 37.4 Å². The molecule has 0 radical (unpaired) electrons. The van der Waals surface area contributed by atoms with Crippen LogP contribution >= 0.6 is 0 Å². The number of hydrogen-bond donors (Lipinski definition) is 1. The van der Waals surface area contributed by atoms with Crippen LogP contribution < -0.4 is 5.56 Å². The number of fused-ring (bicyclic) bond motifs is 1. The highest BCUT2D eigenvalue weighted by molar-refractivity contribution is 5.48. The van der Waals surface area contributed by atoms with Crippen LogP contribution in [0.25, 0.3) is 5.65 Å². The molecule has 3 heterocycles. The van der Waals surface area contributed by atoms with Crippen molar-refractivity contribution in [1.82, 2.24) is 19.5 Å². The average Bonchev–Trinajstić information content (AvgIpc) is 3.02. The van der Waals surface area contributed by atoms with Gasteiger partial charge in [-0.25, -0.2) is 9.50 Å². The molecule has 2 aromatic heterocycles. The molecule has 1 aliphatic rings. The Morgan fingerprint density at radius 1 is 1.13 bits per heavy atom. The molecule has 0 unspecified atom stereocenters. The van der Waals surface area contributed by atoms with Crippen LogP contribution in [0.4, 0.5) is 0 Å². The van der Waals surface area contributed by atoms with Crippen LogP contribution in [0.2, 0.25) is 0 Å². The van der Waals surface area contributed by atoms with Gasteiger partial charge in [-0.1, -0.05) is 30.3 Å². The highest BCUT2D eigenvalue weighted by atomic mass is 16.1. The number of piperidine rings is 1. The minimum Gasteiger partial charge on any atom is -0.299 e. The molecule has 4 rings (SSSR count). The van der Waals surface area contributed by atoms with E-state index in [4.69, 9.17) is 0 Å². The third-order valence-electron chi connectivity index (χ3n) is 4.73. The molecule has 1 saturated heterocycles. The maximum atomic E-state index is 11.8. The van der Waals surface area contributed by atoms with E-state index >= 15 is 0 Å². The SMILES string of the molecule is O=c1ccnc2c(C3CCN(Cc4ccccc4)CC3)c[nH]n12. The van der Waals surface area contributed by atoms with Crippen LogP contribution in [0.1, 0.15) is 29.9 Å². The van der Waals surface area contributed by atoms with Crippen molar-refractivity contribution in [1.29, 1.82) is 0 Å². The molecule has 0 bridgehead atoms. The van der Waals surface area contributed by atoms with E-state index in [0.717, 1.165) is 38.1 Å². The second-order valence-corrected chi connectivity index (χ2v) is 6.21. The number of nitrogens with zero attached hydrogens (tertiary/aromatic N) is 3. The maximum absolute atomic E-state index is 11.8. The minimum atomic E-state index is -0.0530. The molecule has 118 valence electrons. The molecule has 0 amide bonds. The number of aromatic amines is 1. The molecular weight excluding hydrogens is 288 g/mol. The van der Waals surface area contributed by atoms with E-state index in [0.29, 0.717) is 5.92 Å². The molecule has 23 heavy (non-hydrogen) atoms. The quantitative estimate of drug-likeness (QED) is 0.808. The van der Waals surface area contributed by atoms with E-state index in [1.165, 1.54) is 21.7 Å². The molecule has 1 fully saturated rings. The zero-order valence-corrected chi connectivity index (χ0v) is 13.0. The zero-order valence-electron chi connectivity index (χ0n) is 13.0. The predicted octanol–water partition coefficient (Wildman–Crippen LogP) is 2.40. The minimum absolute atomic E-state index is 0.0530. The number of H-pyrrole nitrogens is 1. The van der Waals surface area contributed by atoms with Gasteiger partial charge in [0.05, 0.1) is 0 Å². The Balaban J connectivity index is 1.47. The summed E-state index contributed by atoms with van der Waals surface area (Å²) >= 11 is 0. The fourth-order valence-electron chi connectivity index (χ4n) is 3.48. The molecule has 5 heteroatoms. The monoisotopic (exact) mass is 308 g/mol. The molecule has 1 aromatic carbocycles. The van der Waals surface area contributed by atoms with Crippen LogP contribution in [0.15, 0.2) is 53.6 Å². The Kier molecular flexibility index (Phi) is 3.71. The topological polar surface area (TPSA) is 53.4 Å². The van der Waals surface area contributed by atoms with Crippen molar-refractivity contribution in [3.8, 4) is 0 Å². The molecule has 5 nitrogen and oxygen atoms in total. The first kappa shape index (κ1) is 14.2. The Bertz CT molecular complexity index is 844. The third-order valence-corrected chi connectivity index (χ3v) is 4.73. The summed E-state index contributed by atoms with van der Waals surface area (Å²) in [6.07, 6.45) is 5.75. The van der Waals surface area contributed by atoms with Gasteiger partial charge >= 0.3 is 0 Å². The van der Waals surface area contributed by atoms with Gasteiger partial charge < -0.3 is 0 Å². The standard InChI is InChI=1S/C18H20N4O/c23-17-6-9-19-18-16(12-20-22(17)18)15-7-10-21(11-8-15)13-14-4-2-1-3-5-14/h1-6,9,12,15,20H,7-8,10-11,13H2. The first-order valence-electron chi connectivity index (χ1n) is 8.12. The van der Waals surface area contributed by atoms with Gasteiger partial charge in [0.15, 0.2) is 5.65 Å². The molecule has 0 aliphatic carbocycles. The summed E-state index contributed by atoms with van der Waals surface area (Å²) in [6.45, 7) is 3.17. The van der Waals surface area contributed by atoms with E-state index in [1.807, 2.05) is 6.20 Å². The Labute approximate surface area is 134 Å². The summed E-state index contributed by atoms with van der Waals surface area (Å²) in [5, 5.41) is 3.03. The zero-order chi connectivity index (χ0) is 15.6. The van der Waals surface area contributed by atoms with E-state index in [-0.39, 0.29) is 5.56 Å². The number of nitrogens with one attached hydrogen (secondary N) is 1. The van der Waals surface area contributed by atoms with Gasteiger partial charge in [0, 0.05) is 30.6 Å². The van der Waals surface area contributed by atoms with Crippen molar-refractivity contribution < 1.29 is 0 Å². The van der Waals surface area contributed by atoms with Gasteiger partial charge in [0.1, 0.15) is 0 Å². The highest BCUT2D eigenvalue weighted by Crippen LogP contribution is 2.30. The van der Waals surface area contributed by atoms with E-state index in [1.54, 1.807) is 6.20 Å². The van der Waals surface area contributed by atoms with Crippen LogP contribution in [0.5, 0.6) is 0 Å². The largest absolute Gasteiger partial charge is 0.299 e. The second kappa shape index (κ2) is 6.01. The average molecular weight is 308 g/mol. The van der Waals surface area contributed by atoms with Crippen LogP contribution in [0.3, 0.4) is 0 Å². The van der Waals surface area contributed by atoms with Gasteiger partial charge in [0.2, 0.25) is 0 Å². The fraction of sp³-hybridized carbons (Fsp3) is 0.333. The van der Waals surface area contributed by atoms with Crippen molar-refractivity contribution >= 4 is 5.65 Å². The molecule has 1 aliphatic heterocycles. The number of aromatic nitrogens is 3. The number of hydrogen-bond acceptors (Lipinski definition) is 3. The van der Waals surface area contributed by atoms with Crippen molar-refractivity contribution in [3.63, 3.8) is 0 Å². The summed E-state index contributed by atoms with van der Waals surface area (Å²) in [4.78, 5) is 18.7. The van der Waals surface area contributed by atoms with Gasteiger partial charge in [-0.3, -0.25) is 14.8 Å². The Morgan fingerprint density at radius 3 is 2.70 bits per heavy atom. The van der Waals surface area contributed by atoms with Crippen LogP contribution in [-0.2, 0) is 6.54 Å². The number of benzene rings is 1. The Hall–Kier alpha value is -2.40. The van der Waals surface area contributed by atoms with E-state index < -0.39 is 0 Å². The normalized spacial score (nSPS) is 16.9. The summed E-state index contributed by atoms with van der Waals surface area (Å²) in [5.41, 5.74) is 3.26. The lowest BCUT2D eigenvalue weighted by atomic mass is 9.91. The van der Waals surface area contributed by atoms with Gasteiger partial charge in [0.25, 0.3) is 5.56 Å². The van der Waals surface area contributed by atoms with Crippen molar-refractivity contribution in [2.75, 3.05) is 13.1 Å². The fourth-order valence-corrected chi connectivity index (χ4v) is 3.48. The molecule has 1 N–H and O–H groups in total. The smallest absolute Gasteiger partial charge is 0.272 e. The third kappa shape index (κ3) is 2.80. The van der Waals surface area contributed by atoms with Crippen molar-refractivity contribution in [3.05, 3.63) is 70.3 Å². The predicted molar refractivity (Wildman–Crippen MR) is 89.5 cm³/mol. The van der Waals surface area contributed by atoms with Crippen LogP contribution in [0, 0.1) is 0 Å². The van der Waals surface area contributed by atoms with E-state index in [9.17, 15) is 4.79 Å². The molecule has 0 saturated carbocycles. The van der Waals surface area contributed by atoms with Crippen molar-refractivity contribution in [2.45, 2.75) is 25.3 Å². The first-order valence-corrected chi connectivity index (χ1v) is 8.12. The van der Waals surface area contributed by atoms with Crippen molar-refractivity contribution in [2.24, 2.45) is 0 Å². The molecule has 0 atom stereocenters. The first-order chi connectivity index (χ1) is 11.3. The maximum Gasteiger partial charge on any atom is 0.272 e. The Morgan fingerprint density at radius 2 is 1.91 bits per heavy atom. The second-order valence-electron chi connectivity index (χ2n) is 6.21. The lowest BCUT2D eigenvalue weighted by Gasteiger charge is -2.31. The van der Waals surface area contributed by atoms with Crippen LogP contribution in [-0.4, -0.2) is 32.6 Å². The summed E-state index contributed by atoms with van der Waals surface area (Å²) < 4.78 is 1.53. The van der Waals surface area contributed by atoms with E-state index in [2.05, 4.69) is 45.3 Å².